The van der Waals surface area contributed by atoms with Crippen LogP contribution in [0, 0.1) is 0 Å². The number of rotatable bonds is 12. The molecule has 4 aromatic rings. The van der Waals surface area contributed by atoms with Crippen LogP contribution in [0.3, 0.4) is 0 Å². The third kappa shape index (κ3) is 6.62. The Hall–Kier alpha value is -3.71. The maximum absolute atomic E-state index is 14.0. The second-order valence-electron chi connectivity index (χ2n) is 9.94. The molecule has 1 saturated heterocycles. The van der Waals surface area contributed by atoms with Crippen LogP contribution < -0.4 is 18.7 Å². The molecule has 0 atom stereocenters. The van der Waals surface area contributed by atoms with Crippen LogP contribution >= 0.6 is 11.3 Å². The Morgan fingerprint density at radius 3 is 2.30 bits per heavy atom. The fourth-order valence-corrected chi connectivity index (χ4v) is 7.66. The van der Waals surface area contributed by atoms with Gasteiger partial charge in [0.05, 0.1) is 38.0 Å². The molecule has 10 nitrogen and oxygen atoms in total. The maximum atomic E-state index is 14.0. The lowest BCUT2D eigenvalue weighted by atomic mass is 10.2. The van der Waals surface area contributed by atoms with E-state index < -0.39 is 10.0 Å². The minimum atomic E-state index is -3.82. The van der Waals surface area contributed by atoms with Gasteiger partial charge < -0.3 is 14.2 Å². The lowest BCUT2D eigenvalue weighted by molar-refractivity contribution is 0.0376. The molecule has 5 rings (SSSR count). The van der Waals surface area contributed by atoms with Crippen molar-refractivity contribution in [3.05, 3.63) is 72.3 Å². The number of aromatic nitrogens is 1. The summed E-state index contributed by atoms with van der Waals surface area (Å²) in [6, 6.07) is 18.7. The molecule has 43 heavy (non-hydrogen) atoms. The van der Waals surface area contributed by atoms with E-state index in [1.165, 1.54) is 27.8 Å². The fraction of sp³-hybridized carbons (Fsp3) is 0.355. The highest BCUT2D eigenvalue weighted by atomic mass is 32.2. The minimum absolute atomic E-state index is 0.114. The summed E-state index contributed by atoms with van der Waals surface area (Å²) < 4.78 is 45.7. The van der Waals surface area contributed by atoms with Crippen LogP contribution in [0.5, 0.6) is 11.5 Å². The van der Waals surface area contributed by atoms with Gasteiger partial charge in [0.1, 0.15) is 21.7 Å². The summed E-state index contributed by atoms with van der Waals surface area (Å²) in [5.41, 5.74) is 1.57. The first-order valence-electron chi connectivity index (χ1n) is 14.2. The van der Waals surface area contributed by atoms with Crippen molar-refractivity contribution in [2.45, 2.75) is 18.2 Å². The number of carbonyl (C=O) groups is 1. The summed E-state index contributed by atoms with van der Waals surface area (Å²) in [5.74, 6) is 0.972. The number of para-hydroxylation sites is 1. The first-order chi connectivity index (χ1) is 20.9. The molecule has 1 aliphatic rings. The molecule has 2 heterocycles. The molecule has 1 amide bonds. The number of methoxy groups -OCH3 is 2. The molecule has 1 aliphatic heterocycles. The second-order valence-corrected chi connectivity index (χ2v) is 12.8. The number of morpholine rings is 1. The van der Waals surface area contributed by atoms with E-state index in [9.17, 15) is 13.2 Å². The average molecular weight is 625 g/mol. The van der Waals surface area contributed by atoms with Crippen LogP contribution in [0.4, 0.5) is 10.8 Å². The van der Waals surface area contributed by atoms with Crippen molar-refractivity contribution >= 4 is 48.3 Å². The Labute approximate surface area is 256 Å². The molecule has 0 spiro atoms. The van der Waals surface area contributed by atoms with Gasteiger partial charge in [0.15, 0.2) is 5.13 Å². The third-order valence-corrected chi connectivity index (χ3v) is 10.4. The number of anilines is 2. The van der Waals surface area contributed by atoms with E-state index in [1.807, 2.05) is 12.1 Å². The lowest BCUT2D eigenvalue weighted by Gasteiger charge is -2.27. The number of hydrogen-bond donors (Lipinski definition) is 0. The highest BCUT2D eigenvalue weighted by Gasteiger charge is 2.27. The van der Waals surface area contributed by atoms with Gasteiger partial charge in [0, 0.05) is 38.3 Å². The van der Waals surface area contributed by atoms with Crippen LogP contribution in [0.25, 0.3) is 10.2 Å². The number of thiazole rings is 1. The van der Waals surface area contributed by atoms with Crippen LogP contribution in [-0.2, 0) is 14.8 Å². The maximum Gasteiger partial charge on any atom is 0.264 e. The smallest absolute Gasteiger partial charge is 0.264 e. The van der Waals surface area contributed by atoms with Gasteiger partial charge in [0.25, 0.3) is 15.9 Å². The van der Waals surface area contributed by atoms with Crippen molar-refractivity contribution in [3.63, 3.8) is 0 Å². The Morgan fingerprint density at radius 1 is 0.977 bits per heavy atom. The molecule has 0 aliphatic carbocycles. The molecule has 0 saturated carbocycles. The SMILES string of the molecule is CCN(c1ccccc1)S(=O)(=O)c1ccc(C(=O)N(CCCN2CCOCC2)c2nc3c(OC)ccc(OC)c3s2)cc1. The Bertz CT molecular complexity index is 1600. The summed E-state index contributed by atoms with van der Waals surface area (Å²) >= 11 is 1.36. The summed E-state index contributed by atoms with van der Waals surface area (Å²) in [5, 5.41) is 0.516. The van der Waals surface area contributed by atoms with Crippen LogP contribution in [0.15, 0.2) is 71.6 Å². The van der Waals surface area contributed by atoms with Crippen LogP contribution in [-0.4, -0.2) is 84.4 Å². The van der Waals surface area contributed by atoms with Crippen molar-refractivity contribution in [3.8, 4) is 11.5 Å². The molecule has 228 valence electrons. The van der Waals surface area contributed by atoms with Gasteiger partial charge in [-0.3, -0.25) is 18.9 Å². The predicted molar refractivity (Wildman–Crippen MR) is 169 cm³/mol. The first-order valence-corrected chi connectivity index (χ1v) is 16.4. The molecule has 0 N–H and O–H groups in total. The summed E-state index contributed by atoms with van der Waals surface area (Å²) in [6.07, 6.45) is 0.727. The largest absolute Gasteiger partial charge is 0.495 e. The van der Waals surface area contributed by atoms with Crippen LogP contribution in [0.1, 0.15) is 23.7 Å². The summed E-state index contributed by atoms with van der Waals surface area (Å²) in [4.78, 5) is 22.9. The number of benzene rings is 3. The zero-order valence-corrected chi connectivity index (χ0v) is 26.2. The van der Waals surface area contributed by atoms with Crippen molar-refractivity contribution in [1.82, 2.24) is 9.88 Å². The molecule has 3 aromatic carbocycles. The normalized spacial score (nSPS) is 14.0. The van der Waals surface area contributed by atoms with E-state index in [4.69, 9.17) is 19.2 Å². The number of nitrogens with zero attached hydrogens (tertiary/aromatic N) is 4. The fourth-order valence-electron chi connectivity index (χ4n) is 5.09. The number of fused-ring (bicyclic) bond motifs is 1. The number of carbonyl (C=O) groups excluding carboxylic acids is 1. The van der Waals surface area contributed by atoms with E-state index in [2.05, 4.69) is 4.90 Å². The quantitative estimate of drug-likeness (QED) is 0.220. The number of hydrogen-bond acceptors (Lipinski definition) is 9. The van der Waals surface area contributed by atoms with Gasteiger partial charge in [-0.15, -0.1) is 0 Å². The molecule has 1 fully saturated rings. The monoisotopic (exact) mass is 624 g/mol. The van der Waals surface area contributed by atoms with E-state index in [-0.39, 0.29) is 17.3 Å². The third-order valence-electron chi connectivity index (χ3n) is 7.36. The van der Waals surface area contributed by atoms with Crippen molar-refractivity contribution < 1.29 is 27.4 Å². The Morgan fingerprint density at radius 2 is 1.65 bits per heavy atom. The van der Waals surface area contributed by atoms with Gasteiger partial charge in [-0.2, -0.15) is 0 Å². The van der Waals surface area contributed by atoms with Crippen molar-refractivity contribution in [1.29, 1.82) is 0 Å². The lowest BCUT2D eigenvalue weighted by Crippen LogP contribution is -2.39. The summed E-state index contributed by atoms with van der Waals surface area (Å²) in [7, 11) is -0.646. The topological polar surface area (TPSA) is 102 Å². The molecular weight excluding hydrogens is 588 g/mol. The van der Waals surface area contributed by atoms with E-state index >= 15 is 0 Å². The Kier molecular flexibility index (Phi) is 9.81. The number of amides is 1. The standard InChI is InChI=1S/C31H36N4O6S2/c1-4-35(24-9-6-5-7-10-24)43(37,38)25-13-11-23(12-14-25)30(36)34(18-8-17-33-19-21-41-22-20-33)31-32-28-26(39-2)15-16-27(40-3)29(28)42-31/h5-7,9-16H,4,8,17-22H2,1-3H3. The number of ether oxygens (including phenoxy) is 3. The second kappa shape index (κ2) is 13.7. The van der Waals surface area contributed by atoms with Crippen LogP contribution in [0.2, 0.25) is 0 Å². The van der Waals surface area contributed by atoms with E-state index in [1.54, 1.807) is 68.5 Å². The first kappa shape index (κ1) is 30.7. The van der Waals surface area contributed by atoms with E-state index in [0.717, 1.165) is 30.8 Å². The average Bonchev–Trinajstić information content (AvgIpc) is 3.49. The Balaban J connectivity index is 1.44. The van der Waals surface area contributed by atoms with Crippen molar-refractivity contribution in [2.75, 3.05) is 69.4 Å². The molecule has 0 radical (unpaired) electrons. The molecule has 12 heteroatoms. The van der Waals surface area contributed by atoms with E-state index in [0.29, 0.717) is 53.2 Å². The van der Waals surface area contributed by atoms with Gasteiger partial charge in [-0.25, -0.2) is 13.4 Å². The minimum Gasteiger partial charge on any atom is -0.495 e. The molecule has 0 bridgehead atoms. The highest BCUT2D eigenvalue weighted by Crippen LogP contribution is 2.40. The number of sulfonamides is 1. The van der Waals surface area contributed by atoms with Gasteiger partial charge in [-0.1, -0.05) is 29.5 Å². The zero-order chi connectivity index (χ0) is 30.4. The summed E-state index contributed by atoms with van der Waals surface area (Å²) in [6.45, 7) is 6.43. The van der Waals surface area contributed by atoms with Crippen molar-refractivity contribution in [2.24, 2.45) is 0 Å². The molecule has 1 aromatic heterocycles. The predicted octanol–water partition coefficient (Wildman–Crippen LogP) is 4.90. The zero-order valence-electron chi connectivity index (χ0n) is 24.6. The van der Waals surface area contributed by atoms with Gasteiger partial charge in [0.2, 0.25) is 0 Å². The highest BCUT2D eigenvalue weighted by molar-refractivity contribution is 7.92. The molecule has 0 unspecified atom stereocenters. The molecular formula is C31H36N4O6S2. The van der Waals surface area contributed by atoms with Gasteiger partial charge in [-0.05, 0) is 61.9 Å². The van der Waals surface area contributed by atoms with Gasteiger partial charge >= 0.3 is 0 Å².